The molecule has 0 atom stereocenters. The maximum absolute atomic E-state index is 11.9. The summed E-state index contributed by atoms with van der Waals surface area (Å²) in [5.74, 6) is 1.29. The molecule has 4 aromatic rings. The second kappa shape index (κ2) is 9.48. The minimum Gasteiger partial charge on any atom is -0.496 e. The van der Waals surface area contributed by atoms with Gasteiger partial charge in [0.25, 0.3) is 5.91 Å². The first-order chi connectivity index (χ1) is 16.7. The third kappa shape index (κ3) is 4.29. The van der Waals surface area contributed by atoms with Crippen LogP contribution in [0.1, 0.15) is 22.0 Å². The molecule has 9 heteroatoms. The molecular weight excluding hydrogens is 432 g/mol. The van der Waals surface area contributed by atoms with Crippen molar-refractivity contribution in [2.45, 2.75) is 12.5 Å². The van der Waals surface area contributed by atoms with Gasteiger partial charge in [0.2, 0.25) is 0 Å². The number of hydrogen-bond donors (Lipinski definition) is 2. The number of ether oxygens (including phenoxy) is 2. The maximum atomic E-state index is 11.9. The summed E-state index contributed by atoms with van der Waals surface area (Å²) in [5, 5.41) is 11.6. The van der Waals surface area contributed by atoms with Crippen LogP contribution in [0.4, 0.5) is 5.82 Å². The smallest absolute Gasteiger partial charge is 0.251 e. The van der Waals surface area contributed by atoms with Crippen LogP contribution in [0.15, 0.2) is 55.0 Å². The van der Waals surface area contributed by atoms with Gasteiger partial charge >= 0.3 is 0 Å². The molecule has 0 radical (unpaired) electrons. The van der Waals surface area contributed by atoms with Crippen molar-refractivity contribution < 1.29 is 14.3 Å². The molecule has 3 heterocycles. The van der Waals surface area contributed by atoms with E-state index in [4.69, 9.17) is 9.47 Å². The summed E-state index contributed by atoms with van der Waals surface area (Å²) in [7, 11) is 3.22. The number of nitrogens with zero attached hydrogens (tertiary/aromatic N) is 4. The van der Waals surface area contributed by atoms with E-state index >= 15 is 0 Å². The van der Waals surface area contributed by atoms with Gasteiger partial charge in [0, 0.05) is 36.2 Å². The van der Waals surface area contributed by atoms with E-state index in [1.165, 1.54) is 0 Å². The number of nitrogens with one attached hydrogen (secondary N) is 2. The van der Waals surface area contributed by atoms with Crippen molar-refractivity contribution in [1.82, 2.24) is 25.1 Å². The van der Waals surface area contributed by atoms with Crippen LogP contribution in [0.25, 0.3) is 22.2 Å². The number of hydrogen-bond acceptors (Lipinski definition) is 7. The SMILES string of the molecule is CNC(=O)c1ccc(CCNc2cc(-c3ccc4c(cnn4C4COC4)c3)ncn2)c(OC)c1. The van der Waals surface area contributed by atoms with Crippen LogP contribution in [0.5, 0.6) is 5.75 Å². The fourth-order valence-electron chi connectivity index (χ4n) is 4.04. The van der Waals surface area contributed by atoms with Crippen molar-refractivity contribution in [3.63, 3.8) is 0 Å². The first-order valence-corrected chi connectivity index (χ1v) is 11.2. The van der Waals surface area contributed by atoms with Gasteiger partial charge in [0.05, 0.1) is 43.8 Å². The molecule has 1 fully saturated rings. The Labute approximate surface area is 197 Å². The van der Waals surface area contributed by atoms with Gasteiger partial charge < -0.3 is 20.1 Å². The number of fused-ring (bicyclic) bond motifs is 1. The molecule has 0 aliphatic carbocycles. The molecule has 9 nitrogen and oxygen atoms in total. The lowest BCUT2D eigenvalue weighted by atomic mass is 10.1. The van der Waals surface area contributed by atoms with Crippen molar-refractivity contribution in [2.75, 3.05) is 39.2 Å². The molecule has 34 heavy (non-hydrogen) atoms. The molecule has 5 rings (SSSR count). The molecule has 2 aromatic heterocycles. The quantitative estimate of drug-likeness (QED) is 0.418. The largest absolute Gasteiger partial charge is 0.496 e. The van der Waals surface area contributed by atoms with Gasteiger partial charge in [0.15, 0.2) is 0 Å². The molecule has 1 amide bonds. The molecule has 2 N–H and O–H groups in total. The molecule has 0 spiro atoms. The number of aromatic nitrogens is 4. The second-order valence-electron chi connectivity index (χ2n) is 8.13. The zero-order valence-electron chi connectivity index (χ0n) is 19.1. The van der Waals surface area contributed by atoms with Gasteiger partial charge in [0.1, 0.15) is 17.9 Å². The Hall–Kier alpha value is -3.98. The van der Waals surface area contributed by atoms with Crippen LogP contribution in [-0.2, 0) is 11.2 Å². The van der Waals surface area contributed by atoms with Gasteiger partial charge in [-0.2, -0.15) is 5.10 Å². The Balaban J connectivity index is 1.27. The summed E-state index contributed by atoms with van der Waals surface area (Å²) in [6, 6.07) is 14.0. The average Bonchev–Trinajstić information content (AvgIpc) is 3.25. The molecule has 0 bridgehead atoms. The summed E-state index contributed by atoms with van der Waals surface area (Å²) in [4.78, 5) is 20.7. The van der Waals surface area contributed by atoms with Crippen LogP contribution in [0, 0.1) is 0 Å². The van der Waals surface area contributed by atoms with Gasteiger partial charge in [-0.05, 0) is 36.2 Å². The average molecular weight is 459 g/mol. The first kappa shape index (κ1) is 21.8. The number of carbonyl (C=O) groups is 1. The van der Waals surface area contributed by atoms with Gasteiger partial charge in [-0.1, -0.05) is 12.1 Å². The highest BCUT2D eigenvalue weighted by molar-refractivity contribution is 5.94. The number of anilines is 1. The molecule has 2 aromatic carbocycles. The van der Waals surface area contributed by atoms with E-state index in [1.807, 2.05) is 23.0 Å². The topological polar surface area (TPSA) is 103 Å². The maximum Gasteiger partial charge on any atom is 0.251 e. The Bertz CT molecular complexity index is 1330. The third-order valence-electron chi connectivity index (χ3n) is 6.00. The standard InChI is InChI=1S/C25H26N6O3/c1-26-25(32)18-4-3-16(23(10-18)33-2)7-8-27-24-11-21(28-15-29-24)17-5-6-22-19(9-17)12-30-31(22)20-13-34-14-20/h3-6,9-12,15,20H,7-8,13-14H2,1-2H3,(H,26,32)(H,27,28,29). The van der Waals surface area contributed by atoms with Crippen LogP contribution < -0.4 is 15.4 Å². The van der Waals surface area contributed by atoms with E-state index in [1.54, 1.807) is 32.6 Å². The van der Waals surface area contributed by atoms with E-state index < -0.39 is 0 Å². The van der Waals surface area contributed by atoms with Crippen molar-refractivity contribution >= 4 is 22.6 Å². The zero-order chi connectivity index (χ0) is 23.5. The Morgan fingerprint density at radius 2 is 2.06 bits per heavy atom. The van der Waals surface area contributed by atoms with Crippen LogP contribution in [0.3, 0.4) is 0 Å². The lowest BCUT2D eigenvalue weighted by Crippen LogP contribution is -2.31. The summed E-state index contributed by atoms with van der Waals surface area (Å²) in [6.45, 7) is 2.08. The van der Waals surface area contributed by atoms with E-state index in [0.29, 0.717) is 43.5 Å². The summed E-state index contributed by atoms with van der Waals surface area (Å²) in [6.07, 6.45) is 4.17. The minimum absolute atomic E-state index is 0.140. The normalized spacial score (nSPS) is 13.5. The monoisotopic (exact) mass is 458 g/mol. The number of rotatable bonds is 8. The van der Waals surface area contributed by atoms with Gasteiger partial charge in [-0.15, -0.1) is 0 Å². The molecular formula is C25H26N6O3. The Kier molecular flexibility index (Phi) is 6.09. The summed E-state index contributed by atoms with van der Waals surface area (Å²) >= 11 is 0. The minimum atomic E-state index is -0.140. The Morgan fingerprint density at radius 3 is 2.82 bits per heavy atom. The second-order valence-corrected chi connectivity index (χ2v) is 8.13. The lowest BCUT2D eigenvalue weighted by Gasteiger charge is -2.26. The van der Waals surface area contributed by atoms with Crippen LogP contribution in [0.2, 0.25) is 0 Å². The van der Waals surface area contributed by atoms with Crippen LogP contribution >= 0.6 is 0 Å². The molecule has 174 valence electrons. The lowest BCUT2D eigenvalue weighted by molar-refractivity contribution is -0.0266. The fraction of sp³-hybridized carbons (Fsp3) is 0.280. The predicted octanol–water partition coefficient (Wildman–Crippen LogP) is 3.09. The van der Waals surface area contributed by atoms with Crippen molar-refractivity contribution in [2.24, 2.45) is 0 Å². The van der Waals surface area contributed by atoms with E-state index in [9.17, 15) is 4.79 Å². The molecule has 1 aliphatic rings. The number of amides is 1. The highest BCUT2D eigenvalue weighted by Crippen LogP contribution is 2.27. The number of benzene rings is 2. The number of carbonyl (C=O) groups excluding carboxylic acids is 1. The third-order valence-corrected chi connectivity index (χ3v) is 6.00. The van der Waals surface area contributed by atoms with Gasteiger partial charge in [-0.25, -0.2) is 9.97 Å². The van der Waals surface area contributed by atoms with Crippen LogP contribution in [-0.4, -0.2) is 59.6 Å². The molecule has 1 aliphatic heterocycles. The molecule has 1 saturated heterocycles. The molecule has 0 saturated carbocycles. The molecule has 0 unspecified atom stereocenters. The highest BCUT2D eigenvalue weighted by Gasteiger charge is 2.22. The summed E-state index contributed by atoms with van der Waals surface area (Å²) < 4.78 is 12.8. The van der Waals surface area contributed by atoms with Crippen molar-refractivity contribution in [3.8, 4) is 17.0 Å². The predicted molar refractivity (Wildman–Crippen MR) is 129 cm³/mol. The van der Waals surface area contributed by atoms with E-state index in [-0.39, 0.29) is 5.91 Å². The highest BCUT2D eigenvalue weighted by atomic mass is 16.5. The Morgan fingerprint density at radius 1 is 1.18 bits per heavy atom. The number of methoxy groups -OCH3 is 1. The van der Waals surface area contributed by atoms with Crippen molar-refractivity contribution in [1.29, 1.82) is 0 Å². The zero-order valence-corrected chi connectivity index (χ0v) is 19.1. The van der Waals surface area contributed by atoms with E-state index in [2.05, 4.69) is 43.9 Å². The van der Waals surface area contributed by atoms with E-state index in [0.717, 1.165) is 33.5 Å². The van der Waals surface area contributed by atoms with Crippen molar-refractivity contribution in [3.05, 3.63) is 66.1 Å². The first-order valence-electron chi connectivity index (χ1n) is 11.2. The fourth-order valence-corrected chi connectivity index (χ4v) is 4.04. The summed E-state index contributed by atoms with van der Waals surface area (Å²) in [5.41, 5.74) is 4.53. The van der Waals surface area contributed by atoms with Gasteiger partial charge in [-0.3, -0.25) is 9.48 Å².